The minimum Gasteiger partial charge on any atom is -0.298 e. The molecule has 0 aliphatic carbocycles. The van der Waals surface area contributed by atoms with E-state index in [0.717, 1.165) is 23.2 Å². The smallest absolute Gasteiger partial charge is 0.257 e. The number of hydrogen-bond acceptors (Lipinski definition) is 5. The number of rotatable bonds is 10. The van der Waals surface area contributed by atoms with Crippen LogP contribution in [0.3, 0.4) is 0 Å². The third-order valence-corrected chi connectivity index (χ3v) is 9.50. The molecule has 1 heterocycles. The lowest BCUT2D eigenvalue weighted by atomic mass is 10.0. The molecule has 4 aromatic carbocycles. The van der Waals surface area contributed by atoms with Gasteiger partial charge in [-0.05, 0) is 61.2 Å². The summed E-state index contributed by atoms with van der Waals surface area (Å²) < 4.78 is 28.3. The van der Waals surface area contributed by atoms with Crippen molar-refractivity contribution < 1.29 is 13.2 Å². The Labute approximate surface area is 245 Å². The predicted octanol–water partition coefficient (Wildman–Crippen LogP) is 7.25. The minimum absolute atomic E-state index is 0.144. The number of nitrogens with one attached hydrogen (secondary N) is 1. The van der Waals surface area contributed by atoms with Crippen molar-refractivity contribution >= 4 is 32.4 Å². The number of thiazole rings is 1. The van der Waals surface area contributed by atoms with Gasteiger partial charge in [0.05, 0.1) is 10.6 Å². The third kappa shape index (κ3) is 6.97. The number of aromatic nitrogens is 1. The molecule has 0 aliphatic heterocycles. The molecule has 0 saturated carbocycles. The molecule has 41 heavy (non-hydrogen) atoms. The summed E-state index contributed by atoms with van der Waals surface area (Å²) in [7, 11) is -3.76. The summed E-state index contributed by atoms with van der Waals surface area (Å²) >= 11 is 1.34. The van der Waals surface area contributed by atoms with E-state index >= 15 is 0 Å². The molecule has 6 nitrogen and oxygen atoms in total. The number of nitrogens with zero attached hydrogens (tertiary/aromatic N) is 2. The Morgan fingerprint density at radius 1 is 0.805 bits per heavy atom. The minimum atomic E-state index is -3.76. The van der Waals surface area contributed by atoms with Gasteiger partial charge in [-0.2, -0.15) is 4.31 Å². The highest BCUT2D eigenvalue weighted by atomic mass is 32.2. The largest absolute Gasteiger partial charge is 0.298 e. The van der Waals surface area contributed by atoms with Gasteiger partial charge >= 0.3 is 0 Å². The molecular formula is C33H31N3O3S2. The van der Waals surface area contributed by atoms with Gasteiger partial charge in [-0.3, -0.25) is 10.1 Å². The maximum absolute atomic E-state index is 13.4. The highest BCUT2D eigenvalue weighted by Gasteiger charge is 2.27. The molecule has 0 aliphatic rings. The van der Waals surface area contributed by atoms with Gasteiger partial charge < -0.3 is 0 Å². The SMILES string of the molecule is CC(C)N(Cc1ccccc1)S(=O)(=O)c1ccc(C(=O)Nc2nc(-c3ccc(Cc4ccccc4)cc3)cs2)cc1. The quantitative estimate of drug-likeness (QED) is 0.188. The standard InChI is InChI=1S/C33H31N3O3S2/c1-24(2)36(22-27-11-7-4-8-12-27)41(38,39)30-19-17-29(18-20-30)32(37)35-33-34-31(23-40-33)28-15-13-26(14-16-28)21-25-9-5-3-6-10-25/h3-20,23-24H,21-22H2,1-2H3,(H,34,35,37). The zero-order chi connectivity index (χ0) is 28.8. The first-order valence-corrected chi connectivity index (χ1v) is 15.7. The van der Waals surface area contributed by atoms with Crippen molar-refractivity contribution in [2.75, 3.05) is 5.32 Å². The van der Waals surface area contributed by atoms with E-state index in [1.807, 2.05) is 79.9 Å². The van der Waals surface area contributed by atoms with Crippen molar-refractivity contribution in [2.24, 2.45) is 0 Å². The van der Waals surface area contributed by atoms with E-state index in [1.54, 1.807) is 0 Å². The van der Waals surface area contributed by atoms with E-state index < -0.39 is 10.0 Å². The molecule has 5 rings (SSSR count). The summed E-state index contributed by atoms with van der Waals surface area (Å²) in [5, 5.41) is 5.22. The van der Waals surface area contributed by atoms with Gasteiger partial charge in [0, 0.05) is 29.1 Å². The molecule has 0 unspecified atom stereocenters. The van der Waals surface area contributed by atoms with Crippen LogP contribution in [0.2, 0.25) is 0 Å². The van der Waals surface area contributed by atoms with Crippen LogP contribution >= 0.6 is 11.3 Å². The number of carbonyl (C=O) groups excluding carboxylic acids is 1. The Balaban J connectivity index is 1.24. The van der Waals surface area contributed by atoms with Crippen LogP contribution < -0.4 is 5.32 Å². The topological polar surface area (TPSA) is 79.4 Å². The molecule has 5 aromatic rings. The fraction of sp³-hybridized carbons (Fsp3) is 0.152. The molecule has 1 N–H and O–H groups in total. The first kappa shape index (κ1) is 28.4. The van der Waals surface area contributed by atoms with Crippen LogP contribution in [0.1, 0.15) is 40.9 Å². The lowest BCUT2D eigenvalue weighted by Crippen LogP contribution is -2.36. The highest BCUT2D eigenvalue weighted by Crippen LogP contribution is 2.27. The van der Waals surface area contributed by atoms with Crippen LogP contribution in [-0.4, -0.2) is 29.7 Å². The summed E-state index contributed by atoms with van der Waals surface area (Å²) in [5.74, 6) is -0.349. The molecule has 0 saturated heterocycles. The van der Waals surface area contributed by atoms with Gasteiger partial charge in [0.15, 0.2) is 5.13 Å². The zero-order valence-corrected chi connectivity index (χ0v) is 24.5. The molecular weight excluding hydrogens is 551 g/mol. The van der Waals surface area contributed by atoms with Crippen molar-refractivity contribution in [3.63, 3.8) is 0 Å². The fourth-order valence-corrected chi connectivity index (χ4v) is 6.82. The van der Waals surface area contributed by atoms with Crippen molar-refractivity contribution in [2.45, 2.75) is 37.8 Å². The van der Waals surface area contributed by atoms with Crippen molar-refractivity contribution in [1.82, 2.24) is 9.29 Å². The van der Waals surface area contributed by atoms with E-state index in [9.17, 15) is 13.2 Å². The summed E-state index contributed by atoms with van der Waals surface area (Å²) in [6.45, 7) is 3.97. The molecule has 8 heteroatoms. The number of anilines is 1. The van der Waals surface area contributed by atoms with E-state index in [-0.39, 0.29) is 23.4 Å². The number of benzene rings is 4. The van der Waals surface area contributed by atoms with E-state index in [1.165, 1.54) is 51.0 Å². The Hall–Kier alpha value is -4.11. The number of sulfonamides is 1. The average Bonchev–Trinajstić information content (AvgIpc) is 3.45. The molecule has 208 valence electrons. The Morgan fingerprint density at radius 3 is 2.00 bits per heavy atom. The van der Waals surface area contributed by atoms with Crippen LogP contribution in [0.4, 0.5) is 5.13 Å². The number of hydrogen-bond donors (Lipinski definition) is 1. The highest BCUT2D eigenvalue weighted by molar-refractivity contribution is 7.89. The Morgan fingerprint density at radius 2 is 1.39 bits per heavy atom. The normalized spacial score (nSPS) is 11.6. The molecule has 0 atom stereocenters. The predicted molar refractivity (Wildman–Crippen MR) is 165 cm³/mol. The molecule has 0 spiro atoms. The monoisotopic (exact) mass is 581 g/mol. The van der Waals surface area contributed by atoms with Gasteiger partial charge in [0.2, 0.25) is 10.0 Å². The lowest BCUT2D eigenvalue weighted by molar-refractivity contribution is 0.102. The van der Waals surface area contributed by atoms with Gasteiger partial charge in [-0.25, -0.2) is 13.4 Å². The molecule has 1 amide bonds. The lowest BCUT2D eigenvalue weighted by Gasteiger charge is -2.26. The van der Waals surface area contributed by atoms with E-state index in [2.05, 4.69) is 34.6 Å². The maximum Gasteiger partial charge on any atom is 0.257 e. The summed E-state index contributed by atoms with van der Waals surface area (Å²) in [5.41, 5.74) is 5.49. The average molecular weight is 582 g/mol. The van der Waals surface area contributed by atoms with Crippen LogP contribution in [0.25, 0.3) is 11.3 Å². The zero-order valence-electron chi connectivity index (χ0n) is 22.9. The van der Waals surface area contributed by atoms with Crippen LogP contribution in [0, 0.1) is 0 Å². The molecule has 0 fully saturated rings. The first-order valence-electron chi connectivity index (χ1n) is 13.4. The van der Waals surface area contributed by atoms with Gasteiger partial charge in [-0.15, -0.1) is 11.3 Å². The summed E-state index contributed by atoms with van der Waals surface area (Å²) in [6.07, 6.45) is 0.863. The first-order chi connectivity index (χ1) is 19.8. The maximum atomic E-state index is 13.4. The van der Waals surface area contributed by atoms with E-state index in [4.69, 9.17) is 0 Å². The Bertz CT molecular complexity index is 1700. The van der Waals surface area contributed by atoms with E-state index in [0.29, 0.717) is 10.7 Å². The van der Waals surface area contributed by atoms with Crippen LogP contribution in [-0.2, 0) is 23.0 Å². The molecule has 1 aromatic heterocycles. The number of amides is 1. The Kier molecular flexibility index (Phi) is 8.73. The second-order valence-corrected chi connectivity index (χ2v) is 12.8. The summed E-state index contributed by atoms with van der Waals surface area (Å²) in [4.78, 5) is 17.6. The number of carbonyl (C=O) groups is 1. The van der Waals surface area contributed by atoms with Crippen molar-refractivity contribution in [3.8, 4) is 11.3 Å². The van der Waals surface area contributed by atoms with Crippen LogP contribution in [0.5, 0.6) is 0 Å². The van der Waals surface area contributed by atoms with Crippen molar-refractivity contribution in [1.29, 1.82) is 0 Å². The van der Waals surface area contributed by atoms with Crippen LogP contribution in [0.15, 0.2) is 119 Å². The van der Waals surface area contributed by atoms with Crippen molar-refractivity contribution in [3.05, 3.63) is 137 Å². The molecule has 0 bridgehead atoms. The fourth-order valence-electron chi connectivity index (χ4n) is 4.48. The van der Waals surface area contributed by atoms with Gasteiger partial charge in [-0.1, -0.05) is 84.9 Å². The molecule has 0 radical (unpaired) electrons. The summed E-state index contributed by atoms with van der Waals surface area (Å²) in [6, 6.07) is 33.9. The third-order valence-electron chi connectivity index (χ3n) is 6.71. The second-order valence-electron chi connectivity index (χ2n) is 10.0. The van der Waals surface area contributed by atoms with Gasteiger partial charge in [0.1, 0.15) is 0 Å². The second kappa shape index (κ2) is 12.6. The van der Waals surface area contributed by atoms with Gasteiger partial charge in [0.25, 0.3) is 5.91 Å².